The molecule has 1 atom stereocenters. The molecule has 1 unspecified atom stereocenters. The van der Waals surface area contributed by atoms with Crippen LogP contribution in [0.25, 0.3) is 11.1 Å². The highest BCUT2D eigenvalue weighted by Gasteiger charge is 2.06. The molecule has 4 nitrogen and oxygen atoms in total. The van der Waals surface area contributed by atoms with Crippen LogP contribution in [-0.2, 0) is 0 Å². The number of fused-ring (bicyclic) bond motifs is 1. The Hall–Kier alpha value is -1.55. The van der Waals surface area contributed by atoms with E-state index in [2.05, 4.69) is 4.98 Å². The van der Waals surface area contributed by atoms with E-state index in [4.69, 9.17) is 14.3 Å². The van der Waals surface area contributed by atoms with Gasteiger partial charge in [0.05, 0.1) is 6.10 Å². The lowest BCUT2D eigenvalue weighted by Gasteiger charge is -2.01. The number of hydrogen-bond donors (Lipinski definition) is 1. The first kappa shape index (κ1) is 9.02. The molecule has 0 aliphatic rings. The van der Waals surface area contributed by atoms with E-state index in [9.17, 15) is 0 Å². The van der Waals surface area contributed by atoms with Crippen LogP contribution in [0.4, 0.5) is 0 Å². The van der Waals surface area contributed by atoms with E-state index in [-0.39, 0.29) is 12.7 Å². The molecule has 0 bridgehead atoms. The van der Waals surface area contributed by atoms with Crippen molar-refractivity contribution in [1.82, 2.24) is 4.98 Å². The predicted octanol–water partition coefficient (Wildman–Crippen LogP) is 1.59. The van der Waals surface area contributed by atoms with Gasteiger partial charge in [-0.2, -0.15) is 4.98 Å². The van der Waals surface area contributed by atoms with Crippen LogP contribution < -0.4 is 4.74 Å². The summed E-state index contributed by atoms with van der Waals surface area (Å²) in [7, 11) is 0. The van der Waals surface area contributed by atoms with Crippen LogP contribution >= 0.6 is 0 Å². The van der Waals surface area contributed by atoms with Crippen molar-refractivity contribution in [2.75, 3.05) is 6.61 Å². The molecule has 0 spiro atoms. The zero-order chi connectivity index (χ0) is 9.97. The number of rotatable bonds is 3. The molecule has 1 aromatic carbocycles. The highest BCUT2D eigenvalue weighted by molar-refractivity contribution is 5.72. The minimum Gasteiger partial charge on any atom is -0.447 e. The normalized spacial score (nSPS) is 13.0. The lowest BCUT2D eigenvalue weighted by molar-refractivity contribution is 0.103. The molecule has 0 fully saturated rings. The van der Waals surface area contributed by atoms with Crippen LogP contribution in [0.15, 0.2) is 28.7 Å². The summed E-state index contributed by atoms with van der Waals surface area (Å²) in [6.07, 6.45) is -0.322. The number of nitrogens with zero attached hydrogens (tertiary/aromatic N) is 1. The third kappa shape index (κ3) is 1.85. The fraction of sp³-hybridized carbons (Fsp3) is 0.300. The number of aliphatic hydroxyl groups is 1. The molecule has 0 saturated carbocycles. The zero-order valence-electron chi connectivity index (χ0n) is 7.80. The van der Waals surface area contributed by atoms with Crippen molar-refractivity contribution in [2.24, 2.45) is 0 Å². The van der Waals surface area contributed by atoms with Gasteiger partial charge < -0.3 is 14.3 Å². The molecule has 0 saturated heterocycles. The van der Waals surface area contributed by atoms with Crippen molar-refractivity contribution in [3.63, 3.8) is 0 Å². The molecule has 0 radical (unpaired) electrons. The summed E-state index contributed by atoms with van der Waals surface area (Å²) in [5.41, 5.74) is 1.45. The smallest absolute Gasteiger partial charge is 0.394 e. The summed E-state index contributed by atoms with van der Waals surface area (Å²) in [5.74, 6) is 0. The van der Waals surface area contributed by atoms with E-state index < -0.39 is 6.10 Å². The molecule has 1 N–H and O–H groups in total. The van der Waals surface area contributed by atoms with E-state index in [1.54, 1.807) is 6.92 Å². The van der Waals surface area contributed by atoms with Crippen molar-refractivity contribution in [1.29, 1.82) is 0 Å². The Morgan fingerprint density at radius 1 is 1.50 bits per heavy atom. The summed E-state index contributed by atoms with van der Waals surface area (Å²) in [6, 6.07) is 7.40. The molecule has 1 heterocycles. The van der Waals surface area contributed by atoms with Crippen LogP contribution in [0.2, 0.25) is 0 Å². The lowest BCUT2D eigenvalue weighted by atomic mass is 10.3. The third-order valence-corrected chi connectivity index (χ3v) is 1.72. The first-order valence-corrected chi connectivity index (χ1v) is 4.42. The highest BCUT2D eigenvalue weighted by Crippen LogP contribution is 2.19. The maximum absolute atomic E-state index is 8.99. The van der Waals surface area contributed by atoms with E-state index in [0.717, 1.165) is 5.52 Å². The van der Waals surface area contributed by atoms with Gasteiger partial charge in [0.15, 0.2) is 5.58 Å². The molecule has 1 aromatic heterocycles. The molecule has 14 heavy (non-hydrogen) atoms. The molecular weight excluding hydrogens is 182 g/mol. The third-order valence-electron chi connectivity index (χ3n) is 1.72. The Kier molecular flexibility index (Phi) is 2.37. The second-order valence-corrected chi connectivity index (χ2v) is 3.11. The average Bonchev–Trinajstić information content (AvgIpc) is 2.57. The van der Waals surface area contributed by atoms with E-state index in [1.807, 2.05) is 24.3 Å². The Morgan fingerprint density at radius 3 is 3.00 bits per heavy atom. The Balaban J connectivity index is 2.19. The molecular formula is C10H11NO3. The number of para-hydroxylation sites is 2. The molecule has 4 heteroatoms. The van der Waals surface area contributed by atoms with Crippen LogP contribution in [0.5, 0.6) is 6.08 Å². The summed E-state index contributed by atoms with van der Waals surface area (Å²) in [4.78, 5) is 4.08. The molecule has 0 aliphatic heterocycles. The van der Waals surface area contributed by atoms with Gasteiger partial charge in [-0.1, -0.05) is 12.1 Å². The van der Waals surface area contributed by atoms with Gasteiger partial charge in [-0.3, -0.25) is 0 Å². The van der Waals surface area contributed by atoms with Gasteiger partial charge in [0, 0.05) is 0 Å². The van der Waals surface area contributed by atoms with Gasteiger partial charge in [0.25, 0.3) is 0 Å². The van der Waals surface area contributed by atoms with Crippen molar-refractivity contribution < 1.29 is 14.3 Å². The van der Waals surface area contributed by atoms with Gasteiger partial charge in [-0.25, -0.2) is 0 Å². The number of ether oxygens (including phenoxy) is 1. The molecule has 74 valence electrons. The second-order valence-electron chi connectivity index (χ2n) is 3.11. The Labute approximate surface area is 81.1 Å². The van der Waals surface area contributed by atoms with Gasteiger partial charge in [0.1, 0.15) is 12.1 Å². The maximum atomic E-state index is 8.99. The number of aliphatic hydroxyl groups excluding tert-OH is 1. The molecule has 2 rings (SSSR count). The molecule has 2 aromatic rings. The standard InChI is InChI=1S/C10H11NO3/c1-7(12)6-13-10-11-8-4-2-3-5-9(8)14-10/h2-5,7,12H,6H2,1H3. The SMILES string of the molecule is CC(O)COc1nc2ccccc2o1. The summed E-state index contributed by atoms with van der Waals surface area (Å²) >= 11 is 0. The second kappa shape index (κ2) is 3.67. The quantitative estimate of drug-likeness (QED) is 0.804. The van der Waals surface area contributed by atoms with Crippen molar-refractivity contribution in [3.05, 3.63) is 24.3 Å². The van der Waals surface area contributed by atoms with Crippen LogP contribution in [0.3, 0.4) is 0 Å². The largest absolute Gasteiger partial charge is 0.447 e. The summed E-state index contributed by atoms with van der Waals surface area (Å²) in [6.45, 7) is 1.83. The average molecular weight is 193 g/mol. The zero-order valence-corrected chi connectivity index (χ0v) is 7.80. The summed E-state index contributed by atoms with van der Waals surface area (Å²) in [5, 5.41) is 8.99. The highest BCUT2D eigenvalue weighted by atomic mass is 16.6. The number of oxazole rings is 1. The fourth-order valence-electron chi connectivity index (χ4n) is 1.10. The van der Waals surface area contributed by atoms with Gasteiger partial charge >= 0.3 is 6.08 Å². The predicted molar refractivity (Wildman–Crippen MR) is 51.2 cm³/mol. The lowest BCUT2D eigenvalue weighted by Crippen LogP contribution is -2.12. The Bertz CT molecular complexity index is 389. The van der Waals surface area contributed by atoms with E-state index in [1.165, 1.54) is 0 Å². The van der Waals surface area contributed by atoms with E-state index >= 15 is 0 Å². The summed E-state index contributed by atoms with van der Waals surface area (Å²) < 4.78 is 10.4. The van der Waals surface area contributed by atoms with Gasteiger partial charge in [0.2, 0.25) is 0 Å². The molecule has 0 amide bonds. The van der Waals surface area contributed by atoms with Crippen molar-refractivity contribution in [2.45, 2.75) is 13.0 Å². The van der Waals surface area contributed by atoms with Gasteiger partial charge in [-0.15, -0.1) is 0 Å². The van der Waals surface area contributed by atoms with Crippen molar-refractivity contribution >= 4 is 11.1 Å². The first-order chi connectivity index (χ1) is 6.75. The Morgan fingerprint density at radius 2 is 2.29 bits per heavy atom. The first-order valence-electron chi connectivity index (χ1n) is 4.42. The van der Waals surface area contributed by atoms with Crippen molar-refractivity contribution in [3.8, 4) is 6.08 Å². The maximum Gasteiger partial charge on any atom is 0.394 e. The van der Waals surface area contributed by atoms with Crippen LogP contribution in [0.1, 0.15) is 6.92 Å². The van der Waals surface area contributed by atoms with Gasteiger partial charge in [-0.05, 0) is 19.1 Å². The number of aromatic nitrogens is 1. The minimum absolute atomic E-state index is 0.187. The van der Waals surface area contributed by atoms with E-state index in [0.29, 0.717) is 5.58 Å². The number of hydrogen-bond acceptors (Lipinski definition) is 4. The topological polar surface area (TPSA) is 55.5 Å². The van der Waals surface area contributed by atoms with Crippen LogP contribution in [-0.4, -0.2) is 22.8 Å². The number of benzene rings is 1. The van der Waals surface area contributed by atoms with Crippen LogP contribution in [0, 0.1) is 0 Å². The fourth-order valence-corrected chi connectivity index (χ4v) is 1.10. The monoisotopic (exact) mass is 193 g/mol. The minimum atomic E-state index is -0.523. The molecule has 0 aliphatic carbocycles.